The third kappa shape index (κ3) is 1.25. The SMILES string of the molecule is COc1cccc2cc[13c]3[13cH][13cH][13cH][13cH][13c]3c12. The second-order valence-electron chi connectivity index (χ2n) is 3.85. The minimum atomic E-state index is 0.939. The average Bonchev–Trinajstić information content (AvgIpc) is 2.37. The van der Waals surface area contributed by atoms with Gasteiger partial charge in [0.2, 0.25) is 0 Å². The molecule has 0 aliphatic carbocycles. The van der Waals surface area contributed by atoms with Gasteiger partial charge in [0.25, 0.3) is 0 Å². The fourth-order valence-corrected chi connectivity index (χ4v) is 2.19. The van der Waals surface area contributed by atoms with E-state index in [1.807, 2.05) is 12.1 Å². The van der Waals surface area contributed by atoms with Crippen molar-refractivity contribution in [2.45, 2.75) is 0 Å². The van der Waals surface area contributed by atoms with Gasteiger partial charge in [0.05, 0.1) is 7.11 Å². The lowest BCUT2D eigenvalue weighted by atomic mass is 10.2. The highest BCUT2D eigenvalue weighted by molar-refractivity contribution is 6.10. The molecule has 0 spiro atoms. The van der Waals surface area contributed by atoms with Crippen LogP contribution in [0.15, 0.2) is 54.6 Å². The van der Waals surface area contributed by atoms with Crippen molar-refractivity contribution < 1.29 is 4.74 Å². The van der Waals surface area contributed by atoms with Crippen molar-refractivity contribution in [3.63, 3.8) is 0 Å². The number of rotatable bonds is 1. The standard InChI is InChI=1S/C15H12O/c1-16-14-8-4-6-12-10-9-11-5-2-3-7-13(11)15(12)14/h2-10H,1H3/i2+1,3+1,5+1,7+1,11+1,13+1. The molecule has 3 aromatic rings. The Morgan fingerprint density at radius 2 is 1.50 bits per heavy atom. The summed E-state index contributed by atoms with van der Waals surface area (Å²) in [5.41, 5.74) is 0. The van der Waals surface area contributed by atoms with E-state index >= 15 is 0 Å². The van der Waals surface area contributed by atoms with Gasteiger partial charge in [-0.1, -0.05) is 48.5 Å². The van der Waals surface area contributed by atoms with Crippen molar-refractivity contribution in [2.24, 2.45) is 0 Å². The summed E-state index contributed by atoms with van der Waals surface area (Å²) in [5.74, 6) is 0.939. The number of hydrogen-bond acceptors (Lipinski definition) is 1. The van der Waals surface area contributed by atoms with E-state index in [0.29, 0.717) is 0 Å². The number of methoxy groups -OCH3 is 1. The topological polar surface area (TPSA) is 9.23 Å². The van der Waals surface area contributed by atoms with E-state index in [9.17, 15) is 0 Å². The first-order chi connectivity index (χ1) is 7.90. The molecule has 0 bridgehead atoms. The Bertz CT molecular complexity index is 656. The third-order valence-electron chi connectivity index (χ3n) is 2.95. The number of benzene rings is 3. The van der Waals surface area contributed by atoms with Crippen LogP contribution in [0.5, 0.6) is 5.75 Å². The van der Waals surface area contributed by atoms with Crippen LogP contribution in [-0.2, 0) is 0 Å². The summed E-state index contributed by atoms with van der Waals surface area (Å²) >= 11 is 0. The van der Waals surface area contributed by atoms with Crippen LogP contribution in [0, 0.1) is 0 Å². The normalized spacial score (nSPS) is 10.8. The van der Waals surface area contributed by atoms with Gasteiger partial charge < -0.3 is 4.74 Å². The third-order valence-corrected chi connectivity index (χ3v) is 2.95. The smallest absolute Gasteiger partial charge is 0.127 e. The fourth-order valence-electron chi connectivity index (χ4n) is 2.19. The summed E-state index contributed by atoms with van der Waals surface area (Å²) in [7, 11) is 1.72. The molecule has 3 rings (SSSR count). The molecule has 0 atom stereocenters. The second kappa shape index (κ2) is 3.53. The lowest BCUT2D eigenvalue weighted by Gasteiger charge is -2.08. The quantitative estimate of drug-likeness (QED) is 0.556. The van der Waals surface area contributed by atoms with Crippen LogP contribution in [0.1, 0.15) is 0 Å². The van der Waals surface area contributed by atoms with Gasteiger partial charge in [0, 0.05) is 5.39 Å². The molecule has 3 aromatic carbocycles. The van der Waals surface area contributed by atoms with Crippen LogP contribution in [0.3, 0.4) is 0 Å². The van der Waals surface area contributed by atoms with Gasteiger partial charge in [-0.2, -0.15) is 0 Å². The molecule has 0 aliphatic heterocycles. The van der Waals surface area contributed by atoms with Gasteiger partial charge in [0.1, 0.15) is 5.75 Å². The molecule has 1 nitrogen and oxygen atoms in total. The summed E-state index contributed by atoms with van der Waals surface area (Å²) in [6.45, 7) is 0. The summed E-state index contributed by atoms with van der Waals surface area (Å²) < 4.78 is 5.44. The number of hydrogen-bond donors (Lipinski definition) is 0. The number of fused-ring (bicyclic) bond motifs is 3. The Labute approximate surface area is 94.3 Å². The van der Waals surface area contributed by atoms with Crippen LogP contribution in [0.25, 0.3) is 21.5 Å². The molecule has 78 valence electrons. The Kier molecular flexibility index (Phi) is 2.03. The van der Waals surface area contributed by atoms with Gasteiger partial charge in [0.15, 0.2) is 0 Å². The molecule has 0 unspecified atom stereocenters. The van der Waals surface area contributed by atoms with Gasteiger partial charge in [-0.3, -0.25) is 0 Å². The first-order valence-corrected chi connectivity index (χ1v) is 5.34. The van der Waals surface area contributed by atoms with E-state index in [0.717, 1.165) is 5.75 Å². The second-order valence-corrected chi connectivity index (χ2v) is 3.85. The van der Waals surface area contributed by atoms with Crippen LogP contribution in [0.2, 0.25) is 0 Å². The van der Waals surface area contributed by atoms with Crippen molar-refractivity contribution >= 4 is 21.5 Å². The Morgan fingerprint density at radius 1 is 0.750 bits per heavy atom. The van der Waals surface area contributed by atoms with E-state index in [-0.39, 0.29) is 0 Å². The van der Waals surface area contributed by atoms with E-state index < -0.39 is 0 Å². The molecule has 0 saturated heterocycles. The molecular weight excluding hydrogens is 202 g/mol. The molecular formula is C15H12O. The van der Waals surface area contributed by atoms with Crippen LogP contribution >= 0.6 is 0 Å². The maximum Gasteiger partial charge on any atom is 0.127 e. The first-order valence-electron chi connectivity index (χ1n) is 5.34. The molecule has 0 N–H and O–H groups in total. The highest BCUT2D eigenvalue weighted by Gasteiger charge is 2.04. The maximum atomic E-state index is 5.44. The zero-order valence-corrected chi connectivity index (χ0v) is 9.10. The molecule has 0 radical (unpaired) electrons. The fraction of sp³-hybridized carbons (Fsp3) is 0.0667. The van der Waals surface area contributed by atoms with E-state index in [1.165, 1.54) is 21.5 Å². The maximum absolute atomic E-state index is 5.44. The van der Waals surface area contributed by atoms with Crippen LogP contribution < -0.4 is 4.74 Å². The number of ether oxygens (including phenoxy) is 1. The highest BCUT2D eigenvalue weighted by atomic mass is 16.5. The van der Waals surface area contributed by atoms with Crippen molar-refractivity contribution in [2.75, 3.05) is 7.11 Å². The van der Waals surface area contributed by atoms with Gasteiger partial charge in [-0.25, -0.2) is 0 Å². The first kappa shape index (κ1) is 9.22. The lowest BCUT2D eigenvalue weighted by molar-refractivity contribution is 0.420. The van der Waals surface area contributed by atoms with E-state index in [4.69, 9.17) is 4.74 Å². The predicted octanol–water partition coefficient (Wildman–Crippen LogP) is 4.00. The highest BCUT2D eigenvalue weighted by Crippen LogP contribution is 2.32. The van der Waals surface area contributed by atoms with Gasteiger partial charge in [-0.05, 0) is 22.2 Å². The summed E-state index contributed by atoms with van der Waals surface area (Å²) in [6, 6.07) is 18.8. The molecule has 0 amide bonds. The molecule has 0 heterocycles. The molecule has 0 saturated carbocycles. The average molecular weight is 214 g/mol. The minimum absolute atomic E-state index is 0.939. The lowest BCUT2D eigenvalue weighted by Crippen LogP contribution is -1.85. The largest absolute Gasteiger partial charge is 0.496 e. The molecule has 0 aromatic heterocycles. The minimum Gasteiger partial charge on any atom is -0.496 e. The summed E-state index contributed by atoms with van der Waals surface area (Å²) in [4.78, 5) is 0. The zero-order chi connectivity index (χ0) is 11.0. The zero-order valence-electron chi connectivity index (χ0n) is 9.10. The predicted molar refractivity (Wildman–Crippen MR) is 68.0 cm³/mol. The molecule has 16 heavy (non-hydrogen) atoms. The van der Waals surface area contributed by atoms with E-state index in [2.05, 4.69) is 42.5 Å². The Hall–Kier alpha value is -2.02. The van der Waals surface area contributed by atoms with Crippen molar-refractivity contribution in [3.8, 4) is 5.75 Å². The Morgan fingerprint density at radius 3 is 2.38 bits per heavy atom. The van der Waals surface area contributed by atoms with Gasteiger partial charge in [-0.15, -0.1) is 0 Å². The molecule has 0 aliphatic rings. The van der Waals surface area contributed by atoms with Crippen LogP contribution in [0.4, 0.5) is 0 Å². The van der Waals surface area contributed by atoms with Crippen molar-refractivity contribution in [1.82, 2.24) is 0 Å². The van der Waals surface area contributed by atoms with Gasteiger partial charge >= 0.3 is 0 Å². The van der Waals surface area contributed by atoms with Crippen molar-refractivity contribution in [3.05, 3.63) is 54.6 Å². The van der Waals surface area contributed by atoms with E-state index in [1.54, 1.807) is 7.11 Å². The van der Waals surface area contributed by atoms with Crippen molar-refractivity contribution in [1.29, 1.82) is 0 Å². The monoisotopic (exact) mass is 214 g/mol. The van der Waals surface area contributed by atoms with Crippen LogP contribution in [-0.4, -0.2) is 7.11 Å². The molecule has 0 fully saturated rings. The summed E-state index contributed by atoms with van der Waals surface area (Å²) in [6.07, 6.45) is 0. The molecule has 1 heteroatoms. The Balaban J connectivity index is 2.57. The summed E-state index contributed by atoms with van der Waals surface area (Å²) in [5, 5.41) is 4.91.